The number of amides is 1. The zero-order valence-electron chi connectivity index (χ0n) is 11.4. The number of nitrogens with one attached hydrogen (secondary N) is 2. The van der Waals surface area contributed by atoms with Crippen LogP contribution in [-0.4, -0.2) is 26.1 Å². The average molecular weight is 262 g/mol. The van der Waals surface area contributed by atoms with Crippen LogP contribution in [0.5, 0.6) is 5.75 Å². The lowest BCUT2D eigenvalue weighted by Crippen LogP contribution is -2.30. The van der Waals surface area contributed by atoms with Crippen molar-refractivity contribution < 1.29 is 9.53 Å². The number of hydrogen-bond acceptors (Lipinski definition) is 3. The molecule has 1 amide bonds. The molecular weight excluding hydrogens is 240 g/mol. The Morgan fingerprint density at radius 3 is 3.16 bits per heavy atom. The van der Waals surface area contributed by atoms with E-state index in [2.05, 4.69) is 10.6 Å². The number of methoxy groups -OCH3 is 1. The summed E-state index contributed by atoms with van der Waals surface area (Å²) in [5.74, 6) is 1.48. The fourth-order valence-electron chi connectivity index (χ4n) is 2.43. The van der Waals surface area contributed by atoms with E-state index in [1.807, 2.05) is 24.3 Å². The number of hydrogen-bond donors (Lipinski definition) is 2. The number of piperidine rings is 1. The van der Waals surface area contributed by atoms with Crippen LogP contribution in [-0.2, 0) is 4.79 Å². The van der Waals surface area contributed by atoms with Gasteiger partial charge in [-0.2, -0.15) is 0 Å². The zero-order chi connectivity index (χ0) is 13.5. The first-order valence-corrected chi connectivity index (χ1v) is 6.92. The molecule has 0 saturated carbocycles. The van der Waals surface area contributed by atoms with Gasteiger partial charge in [-0.15, -0.1) is 0 Å². The summed E-state index contributed by atoms with van der Waals surface area (Å²) in [4.78, 5) is 11.9. The fraction of sp³-hybridized carbons (Fsp3) is 0.533. The SMILES string of the molecule is COc1cccc(NC(=O)CCC2CCCNC2)c1. The molecule has 1 aliphatic rings. The van der Waals surface area contributed by atoms with Gasteiger partial charge in [0.05, 0.1) is 7.11 Å². The van der Waals surface area contributed by atoms with E-state index in [4.69, 9.17) is 4.74 Å². The van der Waals surface area contributed by atoms with Crippen LogP contribution in [0.25, 0.3) is 0 Å². The molecule has 4 nitrogen and oxygen atoms in total. The van der Waals surface area contributed by atoms with Crippen LogP contribution in [0.4, 0.5) is 5.69 Å². The molecule has 0 radical (unpaired) electrons. The lowest BCUT2D eigenvalue weighted by atomic mass is 9.94. The van der Waals surface area contributed by atoms with Crippen molar-refractivity contribution in [2.24, 2.45) is 5.92 Å². The molecule has 1 saturated heterocycles. The Kier molecular flexibility index (Phi) is 5.21. The van der Waals surface area contributed by atoms with Crippen LogP contribution in [0.15, 0.2) is 24.3 Å². The molecule has 1 aromatic carbocycles. The summed E-state index contributed by atoms with van der Waals surface area (Å²) < 4.78 is 5.13. The normalized spacial score (nSPS) is 18.9. The van der Waals surface area contributed by atoms with Gasteiger partial charge in [-0.3, -0.25) is 4.79 Å². The highest BCUT2D eigenvalue weighted by atomic mass is 16.5. The van der Waals surface area contributed by atoms with Gasteiger partial charge < -0.3 is 15.4 Å². The minimum atomic E-state index is 0.0822. The Hall–Kier alpha value is -1.55. The molecule has 0 spiro atoms. The summed E-state index contributed by atoms with van der Waals surface area (Å²) >= 11 is 0. The molecule has 0 aliphatic carbocycles. The molecule has 1 fully saturated rings. The first-order valence-electron chi connectivity index (χ1n) is 6.92. The van der Waals surface area contributed by atoms with Gasteiger partial charge in [0.25, 0.3) is 0 Å². The molecule has 1 heterocycles. The monoisotopic (exact) mass is 262 g/mol. The maximum atomic E-state index is 11.9. The van der Waals surface area contributed by atoms with Gasteiger partial charge in [-0.05, 0) is 50.4 Å². The van der Waals surface area contributed by atoms with Crippen LogP contribution < -0.4 is 15.4 Å². The molecule has 19 heavy (non-hydrogen) atoms. The molecule has 1 aromatic rings. The van der Waals surface area contributed by atoms with E-state index in [9.17, 15) is 4.79 Å². The Bertz CT molecular complexity index is 414. The van der Waals surface area contributed by atoms with E-state index >= 15 is 0 Å². The van der Waals surface area contributed by atoms with Crippen LogP contribution in [0, 0.1) is 5.92 Å². The van der Waals surface area contributed by atoms with Gasteiger partial charge in [-0.1, -0.05) is 6.07 Å². The maximum Gasteiger partial charge on any atom is 0.224 e. The van der Waals surface area contributed by atoms with E-state index in [1.54, 1.807) is 7.11 Å². The van der Waals surface area contributed by atoms with Gasteiger partial charge >= 0.3 is 0 Å². The van der Waals surface area contributed by atoms with E-state index in [-0.39, 0.29) is 5.91 Å². The van der Waals surface area contributed by atoms with Crippen molar-refractivity contribution in [3.8, 4) is 5.75 Å². The van der Waals surface area contributed by atoms with Crippen molar-refractivity contribution in [2.45, 2.75) is 25.7 Å². The predicted molar refractivity (Wildman–Crippen MR) is 76.5 cm³/mol. The van der Waals surface area contributed by atoms with E-state index in [1.165, 1.54) is 12.8 Å². The number of benzene rings is 1. The minimum Gasteiger partial charge on any atom is -0.497 e. The highest BCUT2D eigenvalue weighted by Gasteiger charge is 2.14. The Morgan fingerprint density at radius 1 is 1.53 bits per heavy atom. The van der Waals surface area contributed by atoms with Gasteiger partial charge in [0.15, 0.2) is 0 Å². The minimum absolute atomic E-state index is 0.0822. The number of carbonyl (C=O) groups excluding carboxylic acids is 1. The highest BCUT2D eigenvalue weighted by Crippen LogP contribution is 2.19. The van der Waals surface area contributed by atoms with E-state index in [0.29, 0.717) is 12.3 Å². The quantitative estimate of drug-likeness (QED) is 0.856. The van der Waals surface area contributed by atoms with Gasteiger partial charge in [0.1, 0.15) is 5.75 Å². The first kappa shape index (κ1) is 13.9. The third-order valence-corrected chi connectivity index (χ3v) is 3.53. The highest BCUT2D eigenvalue weighted by molar-refractivity contribution is 5.90. The summed E-state index contributed by atoms with van der Waals surface area (Å²) in [5, 5.41) is 6.29. The Labute approximate surface area is 114 Å². The zero-order valence-corrected chi connectivity index (χ0v) is 11.4. The molecule has 4 heteroatoms. The number of anilines is 1. The smallest absolute Gasteiger partial charge is 0.224 e. The van der Waals surface area contributed by atoms with Gasteiger partial charge in [0, 0.05) is 18.2 Å². The van der Waals surface area contributed by atoms with Crippen LogP contribution >= 0.6 is 0 Å². The summed E-state index contributed by atoms with van der Waals surface area (Å²) in [6.45, 7) is 2.17. The summed E-state index contributed by atoms with van der Waals surface area (Å²) in [6.07, 6.45) is 4.01. The number of carbonyl (C=O) groups is 1. The van der Waals surface area contributed by atoms with Crippen LogP contribution in [0.3, 0.4) is 0 Å². The molecule has 104 valence electrons. The molecule has 0 bridgehead atoms. The maximum absolute atomic E-state index is 11.9. The van der Waals surface area contributed by atoms with E-state index < -0.39 is 0 Å². The third kappa shape index (κ3) is 4.56. The van der Waals surface area contributed by atoms with Gasteiger partial charge in [0.2, 0.25) is 5.91 Å². The van der Waals surface area contributed by atoms with Crippen LogP contribution in [0.2, 0.25) is 0 Å². The molecule has 0 aromatic heterocycles. The van der Waals surface area contributed by atoms with E-state index in [0.717, 1.165) is 30.9 Å². The second kappa shape index (κ2) is 7.14. The Morgan fingerprint density at radius 2 is 2.42 bits per heavy atom. The van der Waals surface area contributed by atoms with Crippen molar-refractivity contribution in [3.05, 3.63) is 24.3 Å². The van der Waals surface area contributed by atoms with Crippen LogP contribution in [0.1, 0.15) is 25.7 Å². The van der Waals surface area contributed by atoms with Crippen molar-refractivity contribution in [2.75, 3.05) is 25.5 Å². The Balaban J connectivity index is 1.76. The van der Waals surface area contributed by atoms with Gasteiger partial charge in [-0.25, -0.2) is 0 Å². The summed E-state index contributed by atoms with van der Waals surface area (Å²) in [6, 6.07) is 7.45. The molecule has 2 N–H and O–H groups in total. The molecular formula is C15H22N2O2. The summed E-state index contributed by atoms with van der Waals surface area (Å²) in [7, 11) is 1.62. The lowest BCUT2D eigenvalue weighted by Gasteiger charge is -2.22. The lowest BCUT2D eigenvalue weighted by molar-refractivity contribution is -0.116. The van der Waals surface area contributed by atoms with Crippen molar-refractivity contribution in [3.63, 3.8) is 0 Å². The average Bonchev–Trinajstić information content (AvgIpc) is 2.46. The fourth-order valence-corrected chi connectivity index (χ4v) is 2.43. The second-order valence-corrected chi connectivity index (χ2v) is 5.03. The topological polar surface area (TPSA) is 50.4 Å². The standard InChI is InChI=1S/C15H22N2O2/c1-19-14-6-2-5-13(10-14)17-15(18)8-7-12-4-3-9-16-11-12/h2,5-6,10,12,16H,3-4,7-9,11H2,1H3,(H,17,18). The molecule has 2 rings (SSSR count). The molecule has 1 aliphatic heterocycles. The number of rotatable bonds is 5. The third-order valence-electron chi connectivity index (χ3n) is 3.53. The molecule has 1 atom stereocenters. The van der Waals surface area contributed by atoms with Crippen molar-refractivity contribution >= 4 is 11.6 Å². The van der Waals surface area contributed by atoms with Crippen molar-refractivity contribution in [1.82, 2.24) is 5.32 Å². The number of ether oxygens (including phenoxy) is 1. The first-order chi connectivity index (χ1) is 9.28. The largest absolute Gasteiger partial charge is 0.497 e. The second-order valence-electron chi connectivity index (χ2n) is 5.03. The predicted octanol–water partition coefficient (Wildman–Crippen LogP) is 2.41. The summed E-state index contributed by atoms with van der Waals surface area (Å²) in [5.41, 5.74) is 0.797. The van der Waals surface area contributed by atoms with Crippen molar-refractivity contribution in [1.29, 1.82) is 0 Å². The molecule has 1 unspecified atom stereocenters.